The Morgan fingerprint density at radius 3 is 2.61 bits per heavy atom. The van der Waals surface area contributed by atoms with Crippen LogP contribution in [-0.4, -0.2) is 62.1 Å². The number of aliphatic hydroxyl groups excluding tert-OH is 1. The van der Waals surface area contributed by atoms with Gasteiger partial charge in [0.15, 0.2) is 0 Å². The van der Waals surface area contributed by atoms with Crippen LogP contribution in [0.5, 0.6) is 5.75 Å². The first-order chi connectivity index (χ1) is 13.2. The second-order valence-corrected chi connectivity index (χ2v) is 6.88. The van der Waals surface area contributed by atoms with Gasteiger partial charge in [-0.25, -0.2) is 4.98 Å². The van der Waals surface area contributed by atoms with E-state index in [1.54, 1.807) is 6.92 Å². The molecule has 3 rings (SSSR count). The number of aliphatic hydroxyl groups is 1. The smallest absolute Gasteiger partial charge is 0.416 e. The molecule has 0 aliphatic carbocycles. The Hall–Kier alpha value is -2.46. The third-order valence-corrected chi connectivity index (χ3v) is 4.73. The molecule has 152 valence electrons. The molecule has 2 unspecified atom stereocenters. The number of hydrogen-bond donors (Lipinski definition) is 3. The van der Waals surface area contributed by atoms with E-state index in [2.05, 4.69) is 25.4 Å². The van der Waals surface area contributed by atoms with Crippen molar-refractivity contribution in [1.29, 1.82) is 0 Å². The summed E-state index contributed by atoms with van der Waals surface area (Å²) in [5.74, 6) is -0.272. The number of aromatic hydroxyl groups is 1. The van der Waals surface area contributed by atoms with Crippen LogP contribution in [0.3, 0.4) is 0 Å². The number of β-amino-alcohol motifs (C(OH)–C–C–N with tert-alkyl or cyclic N) is 1. The number of nitrogens with one attached hydrogen (secondary N) is 1. The molecule has 0 spiro atoms. The molecular formula is C18H22F3N5O2. The van der Waals surface area contributed by atoms with Gasteiger partial charge in [-0.3, -0.25) is 4.90 Å². The molecule has 2 aromatic rings. The summed E-state index contributed by atoms with van der Waals surface area (Å²) in [6.45, 7) is 5.83. The molecule has 1 fully saturated rings. The van der Waals surface area contributed by atoms with Gasteiger partial charge in [0.05, 0.1) is 17.4 Å². The lowest BCUT2D eigenvalue weighted by Gasteiger charge is -2.35. The maximum absolute atomic E-state index is 12.8. The van der Waals surface area contributed by atoms with Crippen molar-refractivity contribution in [2.24, 2.45) is 0 Å². The Kier molecular flexibility index (Phi) is 5.71. The van der Waals surface area contributed by atoms with Crippen LogP contribution >= 0.6 is 0 Å². The van der Waals surface area contributed by atoms with Crippen LogP contribution in [0.1, 0.15) is 24.6 Å². The Morgan fingerprint density at radius 2 is 2.00 bits per heavy atom. The van der Waals surface area contributed by atoms with E-state index in [9.17, 15) is 23.4 Å². The molecule has 0 bridgehead atoms. The van der Waals surface area contributed by atoms with E-state index in [0.29, 0.717) is 24.7 Å². The first kappa shape index (κ1) is 20.3. The van der Waals surface area contributed by atoms with Gasteiger partial charge in [0, 0.05) is 24.7 Å². The zero-order valence-electron chi connectivity index (χ0n) is 15.5. The number of likely N-dealkylation sites (N-methyl/N-ethyl adjacent to an activating group) is 1. The third-order valence-electron chi connectivity index (χ3n) is 4.73. The number of phenolic OH excluding ortho intramolecular Hbond substituents is 1. The van der Waals surface area contributed by atoms with Gasteiger partial charge in [0.1, 0.15) is 11.4 Å². The lowest BCUT2D eigenvalue weighted by atomic mass is 10.0. The number of aryl methyl sites for hydroxylation is 1. The van der Waals surface area contributed by atoms with E-state index >= 15 is 0 Å². The Morgan fingerprint density at radius 1 is 1.25 bits per heavy atom. The van der Waals surface area contributed by atoms with E-state index in [-0.39, 0.29) is 23.2 Å². The molecule has 1 aliphatic rings. The molecule has 1 aromatic carbocycles. The van der Waals surface area contributed by atoms with Crippen LogP contribution in [0.25, 0.3) is 11.3 Å². The zero-order valence-corrected chi connectivity index (χ0v) is 15.5. The van der Waals surface area contributed by atoms with Gasteiger partial charge in [-0.2, -0.15) is 13.2 Å². The van der Waals surface area contributed by atoms with Crippen molar-refractivity contribution < 1.29 is 23.4 Å². The first-order valence-corrected chi connectivity index (χ1v) is 8.96. The number of alkyl halides is 3. The molecule has 0 amide bonds. The van der Waals surface area contributed by atoms with Crippen molar-refractivity contribution in [3.05, 3.63) is 29.5 Å². The number of likely N-dealkylation sites (tertiary alicyclic amines) is 1. The van der Waals surface area contributed by atoms with Gasteiger partial charge in [-0.1, -0.05) is 6.92 Å². The van der Waals surface area contributed by atoms with E-state index in [0.717, 1.165) is 25.2 Å². The van der Waals surface area contributed by atoms with E-state index in [4.69, 9.17) is 0 Å². The fourth-order valence-electron chi connectivity index (χ4n) is 3.33. The number of halogens is 3. The molecule has 1 aliphatic heterocycles. The summed E-state index contributed by atoms with van der Waals surface area (Å²) in [5.41, 5.74) is -0.198. The molecule has 0 radical (unpaired) electrons. The van der Waals surface area contributed by atoms with Crippen molar-refractivity contribution in [2.75, 3.05) is 25.0 Å². The van der Waals surface area contributed by atoms with Crippen molar-refractivity contribution in [3.63, 3.8) is 0 Å². The number of aromatic nitrogens is 3. The largest absolute Gasteiger partial charge is 0.507 e. The highest BCUT2D eigenvalue weighted by atomic mass is 19.4. The number of rotatable bonds is 4. The average molecular weight is 397 g/mol. The highest BCUT2D eigenvalue weighted by molar-refractivity contribution is 5.69. The molecule has 2 atom stereocenters. The predicted molar refractivity (Wildman–Crippen MR) is 96.8 cm³/mol. The van der Waals surface area contributed by atoms with Crippen LogP contribution in [0.15, 0.2) is 18.2 Å². The molecule has 0 saturated carbocycles. The molecule has 28 heavy (non-hydrogen) atoms. The van der Waals surface area contributed by atoms with Crippen molar-refractivity contribution in [2.45, 2.75) is 38.6 Å². The van der Waals surface area contributed by atoms with Crippen molar-refractivity contribution in [1.82, 2.24) is 20.1 Å². The number of anilines is 1. The van der Waals surface area contributed by atoms with Gasteiger partial charge in [-0.05, 0) is 38.1 Å². The highest BCUT2D eigenvalue weighted by Crippen LogP contribution is 2.36. The average Bonchev–Trinajstić information content (AvgIpc) is 2.61. The minimum absolute atomic E-state index is 0.0461. The number of nitrogens with zero attached hydrogens (tertiary/aromatic N) is 4. The zero-order chi connectivity index (χ0) is 20.5. The van der Waals surface area contributed by atoms with E-state index < -0.39 is 23.6 Å². The summed E-state index contributed by atoms with van der Waals surface area (Å²) in [6.07, 6.45) is -4.43. The summed E-state index contributed by atoms with van der Waals surface area (Å²) >= 11 is 0. The normalized spacial score (nSPS) is 20.9. The molecule has 2 heterocycles. The Bertz CT molecular complexity index is 846. The second-order valence-electron chi connectivity index (χ2n) is 6.88. The predicted octanol–water partition coefficient (Wildman–Crippen LogP) is 2.44. The van der Waals surface area contributed by atoms with Gasteiger partial charge in [0.2, 0.25) is 5.95 Å². The molecule has 10 heteroatoms. The third kappa shape index (κ3) is 4.50. The maximum Gasteiger partial charge on any atom is 0.416 e. The van der Waals surface area contributed by atoms with Gasteiger partial charge in [0.25, 0.3) is 0 Å². The first-order valence-electron chi connectivity index (χ1n) is 8.96. The van der Waals surface area contributed by atoms with Crippen LogP contribution in [0.4, 0.5) is 19.1 Å². The maximum atomic E-state index is 12.8. The van der Waals surface area contributed by atoms with Crippen molar-refractivity contribution in [3.8, 4) is 17.0 Å². The number of hydrogen-bond acceptors (Lipinski definition) is 7. The van der Waals surface area contributed by atoms with Crippen LogP contribution < -0.4 is 5.32 Å². The molecule has 1 saturated heterocycles. The molecular weight excluding hydrogens is 375 g/mol. The van der Waals surface area contributed by atoms with Crippen molar-refractivity contribution >= 4 is 5.95 Å². The Balaban J connectivity index is 1.79. The quantitative estimate of drug-likeness (QED) is 0.730. The number of benzene rings is 1. The number of piperidine rings is 1. The van der Waals surface area contributed by atoms with Crippen LogP contribution in [0, 0.1) is 6.92 Å². The van der Waals surface area contributed by atoms with E-state index in [1.165, 1.54) is 0 Å². The minimum Gasteiger partial charge on any atom is -0.507 e. The monoisotopic (exact) mass is 397 g/mol. The number of phenols is 1. The van der Waals surface area contributed by atoms with E-state index in [1.807, 2.05) is 6.92 Å². The fourth-order valence-corrected chi connectivity index (χ4v) is 3.33. The lowest BCUT2D eigenvalue weighted by Crippen LogP contribution is -2.48. The summed E-state index contributed by atoms with van der Waals surface area (Å²) in [5, 5.41) is 31.1. The minimum atomic E-state index is -4.54. The summed E-state index contributed by atoms with van der Waals surface area (Å²) in [7, 11) is 0. The lowest BCUT2D eigenvalue weighted by molar-refractivity contribution is -0.137. The Labute approximate surface area is 160 Å². The molecule has 3 N–H and O–H groups in total. The van der Waals surface area contributed by atoms with Crippen LogP contribution in [-0.2, 0) is 6.18 Å². The summed E-state index contributed by atoms with van der Waals surface area (Å²) in [4.78, 5) is 6.43. The summed E-state index contributed by atoms with van der Waals surface area (Å²) < 4.78 is 38.3. The standard InChI is InChI=1S/C18H22F3N5O2/c1-3-26-8-12(7-13(27)9-26)23-17-22-10(2)16(24-25-17)14-5-4-11(6-15(14)28)18(19,20)21/h4-6,12-13,27-28H,3,7-9H2,1-2H3,(H,22,23,25). The van der Waals surface area contributed by atoms with Gasteiger partial charge < -0.3 is 15.5 Å². The summed E-state index contributed by atoms with van der Waals surface area (Å²) in [6, 6.07) is 2.65. The highest BCUT2D eigenvalue weighted by Gasteiger charge is 2.31. The fraction of sp³-hybridized carbons (Fsp3) is 0.500. The van der Waals surface area contributed by atoms with Gasteiger partial charge >= 0.3 is 6.18 Å². The SMILES string of the molecule is CCN1CC(O)CC(Nc2nnc(-c3ccc(C(F)(F)F)cc3O)c(C)n2)C1. The topological polar surface area (TPSA) is 94.4 Å². The second kappa shape index (κ2) is 7.88. The van der Waals surface area contributed by atoms with Crippen LogP contribution in [0.2, 0.25) is 0 Å². The molecule has 1 aromatic heterocycles. The van der Waals surface area contributed by atoms with Gasteiger partial charge in [-0.15, -0.1) is 10.2 Å². The molecule has 7 nitrogen and oxygen atoms in total.